The van der Waals surface area contributed by atoms with Crippen LogP contribution in [-0.2, 0) is 0 Å². The average molecular weight is 212 g/mol. The van der Waals surface area contributed by atoms with Crippen molar-refractivity contribution in [2.45, 2.75) is 31.8 Å². The summed E-state index contributed by atoms with van der Waals surface area (Å²) >= 11 is 1.52. The Morgan fingerprint density at radius 1 is 1.57 bits per heavy atom. The monoisotopic (exact) mass is 212 g/mol. The summed E-state index contributed by atoms with van der Waals surface area (Å²) in [4.78, 5) is 4.17. The van der Waals surface area contributed by atoms with Crippen LogP contribution < -0.4 is 5.73 Å². The van der Waals surface area contributed by atoms with Crippen molar-refractivity contribution in [3.63, 3.8) is 0 Å². The Hall–Kier alpha value is -0.450. The van der Waals surface area contributed by atoms with E-state index in [0.717, 1.165) is 17.8 Å². The number of rotatable bonds is 3. The van der Waals surface area contributed by atoms with E-state index in [9.17, 15) is 5.11 Å². The van der Waals surface area contributed by atoms with Gasteiger partial charge in [-0.25, -0.2) is 4.98 Å². The second-order valence-corrected chi connectivity index (χ2v) is 4.97. The van der Waals surface area contributed by atoms with Gasteiger partial charge >= 0.3 is 0 Å². The highest BCUT2D eigenvalue weighted by atomic mass is 32.1. The van der Waals surface area contributed by atoms with Crippen LogP contribution in [-0.4, -0.2) is 16.6 Å². The zero-order valence-corrected chi connectivity index (χ0v) is 8.96. The zero-order valence-electron chi connectivity index (χ0n) is 8.15. The van der Waals surface area contributed by atoms with Gasteiger partial charge in [0, 0.05) is 23.5 Å². The second-order valence-electron chi connectivity index (χ2n) is 4.05. The number of hydrogen-bond donors (Lipinski definition) is 2. The lowest BCUT2D eigenvalue weighted by Gasteiger charge is -2.31. The number of aliphatic hydroxyl groups is 1. The van der Waals surface area contributed by atoms with Gasteiger partial charge in [0.15, 0.2) is 0 Å². The van der Waals surface area contributed by atoms with Crippen LogP contribution in [0.1, 0.15) is 36.8 Å². The normalized spacial score (nSPS) is 22.4. The van der Waals surface area contributed by atoms with Crippen LogP contribution in [0.25, 0.3) is 0 Å². The maximum atomic E-state index is 10.2. The van der Waals surface area contributed by atoms with Crippen molar-refractivity contribution in [2.75, 3.05) is 6.54 Å². The zero-order chi connectivity index (χ0) is 10.0. The lowest BCUT2D eigenvalue weighted by Crippen LogP contribution is -2.34. The first-order valence-electron chi connectivity index (χ1n) is 5.06. The smallest absolute Gasteiger partial charge is 0.122 e. The van der Waals surface area contributed by atoms with E-state index in [0.29, 0.717) is 6.54 Å². The first kappa shape index (κ1) is 10.1. The van der Waals surface area contributed by atoms with Crippen LogP contribution in [0.4, 0.5) is 0 Å². The maximum Gasteiger partial charge on any atom is 0.122 e. The minimum atomic E-state index is -0.463. The number of aromatic nitrogens is 1. The Bertz CT molecular complexity index is 280. The number of nitrogens with zero attached hydrogens (tertiary/aromatic N) is 1. The van der Waals surface area contributed by atoms with Gasteiger partial charge in [-0.05, 0) is 12.8 Å². The lowest BCUT2D eigenvalue weighted by molar-refractivity contribution is 0.0331. The molecular formula is C10H16N2OS. The molecule has 1 aliphatic carbocycles. The van der Waals surface area contributed by atoms with Gasteiger partial charge in [-0.15, -0.1) is 11.3 Å². The fraction of sp³-hybridized carbons (Fsp3) is 0.700. The van der Waals surface area contributed by atoms with E-state index in [2.05, 4.69) is 4.98 Å². The van der Waals surface area contributed by atoms with E-state index in [-0.39, 0.29) is 5.41 Å². The van der Waals surface area contributed by atoms with Crippen molar-refractivity contribution >= 4 is 11.3 Å². The molecule has 4 heteroatoms. The van der Waals surface area contributed by atoms with Crippen molar-refractivity contribution in [3.05, 3.63) is 16.6 Å². The highest BCUT2D eigenvalue weighted by molar-refractivity contribution is 7.09. The molecule has 1 aromatic heterocycles. The van der Waals surface area contributed by atoms with Crippen LogP contribution >= 0.6 is 11.3 Å². The number of nitrogens with two attached hydrogens (primary N) is 1. The molecule has 0 aliphatic heterocycles. The van der Waals surface area contributed by atoms with Crippen molar-refractivity contribution < 1.29 is 5.11 Å². The molecule has 0 saturated heterocycles. The number of hydrogen-bond acceptors (Lipinski definition) is 4. The van der Waals surface area contributed by atoms with Gasteiger partial charge in [-0.3, -0.25) is 0 Å². The maximum absolute atomic E-state index is 10.2. The van der Waals surface area contributed by atoms with Crippen molar-refractivity contribution in [3.8, 4) is 0 Å². The number of thiazole rings is 1. The van der Waals surface area contributed by atoms with Crippen LogP contribution in [0.3, 0.4) is 0 Å². The minimum Gasteiger partial charge on any atom is -0.385 e. The third-order valence-corrected chi connectivity index (χ3v) is 4.10. The molecule has 0 aromatic carbocycles. The Balaban J connectivity index is 2.19. The molecule has 1 atom stereocenters. The summed E-state index contributed by atoms with van der Waals surface area (Å²) in [7, 11) is 0. The van der Waals surface area contributed by atoms with E-state index in [4.69, 9.17) is 5.73 Å². The molecule has 0 spiro atoms. The molecule has 1 aromatic rings. The van der Waals surface area contributed by atoms with Crippen molar-refractivity contribution in [1.82, 2.24) is 4.98 Å². The molecule has 0 bridgehead atoms. The van der Waals surface area contributed by atoms with Crippen molar-refractivity contribution in [1.29, 1.82) is 0 Å². The molecule has 1 unspecified atom stereocenters. The van der Waals surface area contributed by atoms with Crippen LogP contribution in [0.2, 0.25) is 0 Å². The van der Waals surface area contributed by atoms with E-state index >= 15 is 0 Å². The first-order chi connectivity index (χ1) is 6.78. The largest absolute Gasteiger partial charge is 0.385 e. The third kappa shape index (κ3) is 1.58. The van der Waals surface area contributed by atoms with Gasteiger partial charge in [0.05, 0.1) is 0 Å². The van der Waals surface area contributed by atoms with E-state index < -0.39 is 6.10 Å². The molecule has 1 aliphatic rings. The molecule has 2 rings (SSSR count). The SMILES string of the molecule is NCC1(C(O)c2nccs2)CCCC1. The van der Waals surface area contributed by atoms with Gasteiger partial charge in [0.1, 0.15) is 11.1 Å². The van der Waals surface area contributed by atoms with Gasteiger partial charge in [-0.1, -0.05) is 12.8 Å². The fourth-order valence-electron chi connectivity index (χ4n) is 2.30. The minimum absolute atomic E-state index is 0.0994. The Morgan fingerprint density at radius 2 is 2.29 bits per heavy atom. The molecule has 0 radical (unpaired) electrons. The fourth-order valence-corrected chi connectivity index (χ4v) is 3.06. The van der Waals surface area contributed by atoms with Crippen molar-refractivity contribution in [2.24, 2.45) is 11.1 Å². The highest BCUT2D eigenvalue weighted by Crippen LogP contribution is 2.47. The van der Waals surface area contributed by atoms with Crippen LogP contribution in [0.5, 0.6) is 0 Å². The molecule has 3 N–H and O–H groups in total. The summed E-state index contributed by atoms with van der Waals surface area (Å²) < 4.78 is 0. The summed E-state index contributed by atoms with van der Waals surface area (Å²) in [5, 5.41) is 12.9. The van der Waals surface area contributed by atoms with E-state index in [1.165, 1.54) is 24.2 Å². The van der Waals surface area contributed by atoms with E-state index in [1.54, 1.807) is 6.20 Å². The summed E-state index contributed by atoms with van der Waals surface area (Å²) in [6.07, 6.45) is 5.70. The number of aliphatic hydroxyl groups excluding tert-OH is 1. The molecule has 0 amide bonds. The predicted octanol–water partition coefficient (Wildman–Crippen LogP) is 1.70. The van der Waals surface area contributed by atoms with Gasteiger partial charge in [0.2, 0.25) is 0 Å². The molecule has 1 saturated carbocycles. The summed E-state index contributed by atoms with van der Waals surface area (Å²) in [5.41, 5.74) is 5.69. The lowest BCUT2D eigenvalue weighted by atomic mass is 9.80. The first-order valence-corrected chi connectivity index (χ1v) is 5.94. The highest BCUT2D eigenvalue weighted by Gasteiger charge is 2.41. The van der Waals surface area contributed by atoms with E-state index in [1.807, 2.05) is 5.38 Å². The standard InChI is InChI=1S/C10H16N2OS/c11-7-10(3-1-2-4-10)8(13)9-12-5-6-14-9/h5-6,8,13H,1-4,7,11H2. The van der Waals surface area contributed by atoms with Crippen LogP contribution in [0.15, 0.2) is 11.6 Å². The molecule has 14 heavy (non-hydrogen) atoms. The second kappa shape index (κ2) is 3.96. The van der Waals surface area contributed by atoms with Gasteiger partial charge in [-0.2, -0.15) is 0 Å². The Labute approximate surface area is 88.0 Å². The third-order valence-electron chi connectivity index (χ3n) is 3.27. The molecular weight excluding hydrogens is 196 g/mol. The van der Waals surface area contributed by atoms with Gasteiger partial charge in [0.25, 0.3) is 0 Å². The van der Waals surface area contributed by atoms with Gasteiger partial charge < -0.3 is 10.8 Å². The average Bonchev–Trinajstić information content (AvgIpc) is 2.89. The van der Waals surface area contributed by atoms with Crippen LogP contribution in [0, 0.1) is 5.41 Å². The molecule has 3 nitrogen and oxygen atoms in total. The Morgan fingerprint density at radius 3 is 2.79 bits per heavy atom. The predicted molar refractivity (Wildman–Crippen MR) is 57.0 cm³/mol. The summed E-state index contributed by atoms with van der Waals surface area (Å²) in [6, 6.07) is 0. The molecule has 1 fully saturated rings. The summed E-state index contributed by atoms with van der Waals surface area (Å²) in [5.74, 6) is 0. The summed E-state index contributed by atoms with van der Waals surface area (Å²) in [6.45, 7) is 0.563. The Kier molecular flexibility index (Phi) is 2.85. The molecule has 1 heterocycles. The quantitative estimate of drug-likeness (QED) is 0.801. The molecule has 78 valence electrons. The topological polar surface area (TPSA) is 59.1 Å².